The molecule has 0 radical (unpaired) electrons. The van der Waals surface area contributed by atoms with Gasteiger partial charge in [-0.25, -0.2) is 0 Å². The predicted molar refractivity (Wildman–Crippen MR) is 65.4 cm³/mol. The fraction of sp³-hybridized carbons (Fsp3) is 0.909. The van der Waals surface area contributed by atoms with E-state index >= 15 is 0 Å². The van der Waals surface area contributed by atoms with Crippen LogP contribution in [0.4, 0.5) is 0 Å². The molecule has 0 aromatic carbocycles. The molecule has 0 aromatic rings. The molecule has 1 saturated heterocycles. The first-order valence-electron chi connectivity index (χ1n) is 5.44. The van der Waals surface area contributed by atoms with Gasteiger partial charge in [0.25, 0.3) is 0 Å². The van der Waals surface area contributed by atoms with E-state index in [-0.39, 0.29) is 5.41 Å². The molecule has 0 unspecified atom stereocenters. The van der Waals surface area contributed by atoms with E-state index in [2.05, 4.69) is 25.7 Å². The molecule has 82 valence electrons. The first-order valence-corrected chi connectivity index (χ1v) is 5.85. The molecule has 0 aromatic heterocycles. The van der Waals surface area contributed by atoms with Crippen molar-refractivity contribution in [2.24, 2.45) is 17.1 Å². The summed E-state index contributed by atoms with van der Waals surface area (Å²) in [6, 6.07) is 0. The van der Waals surface area contributed by atoms with E-state index in [1.54, 1.807) is 0 Å². The SMILES string of the molecule is CC1CCN(CC(C)(C)C(N)=S)CC1. The van der Waals surface area contributed by atoms with E-state index in [1.165, 1.54) is 25.9 Å². The van der Waals surface area contributed by atoms with E-state index in [0.717, 1.165) is 12.5 Å². The van der Waals surface area contributed by atoms with E-state index in [0.29, 0.717) is 4.99 Å². The Morgan fingerprint density at radius 1 is 1.43 bits per heavy atom. The molecular weight excluding hydrogens is 192 g/mol. The lowest BCUT2D eigenvalue weighted by atomic mass is 9.90. The summed E-state index contributed by atoms with van der Waals surface area (Å²) >= 11 is 5.07. The van der Waals surface area contributed by atoms with Crippen molar-refractivity contribution in [1.82, 2.24) is 4.90 Å². The monoisotopic (exact) mass is 214 g/mol. The van der Waals surface area contributed by atoms with Crippen LogP contribution in [0.1, 0.15) is 33.6 Å². The number of hydrogen-bond donors (Lipinski definition) is 1. The summed E-state index contributed by atoms with van der Waals surface area (Å²) in [5.41, 5.74) is 5.70. The van der Waals surface area contributed by atoms with Gasteiger partial charge in [-0.15, -0.1) is 0 Å². The summed E-state index contributed by atoms with van der Waals surface area (Å²) in [6.07, 6.45) is 2.63. The summed E-state index contributed by atoms with van der Waals surface area (Å²) in [7, 11) is 0. The van der Waals surface area contributed by atoms with Gasteiger partial charge in [0, 0.05) is 12.0 Å². The lowest BCUT2D eigenvalue weighted by Gasteiger charge is -2.36. The van der Waals surface area contributed by atoms with E-state index < -0.39 is 0 Å². The highest BCUT2D eigenvalue weighted by Crippen LogP contribution is 2.22. The Balaban J connectivity index is 2.41. The second kappa shape index (κ2) is 4.58. The fourth-order valence-electron chi connectivity index (χ4n) is 1.86. The van der Waals surface area contributed by atoms with Crippen molar-refractivity contribution in [2.75, 3.05) is 19.6 Å². The minimum absolute atomic E-state index is 0.0179. The van der Waals surface area contributed by atoms with Gasteiger partial charge in [0.05, 0.1) is 4.99 Å². The van der Waals surface area contributed by atoms with Crippen molar-refractivity contribution < 1.29 is 0 Å². The molecule has 0 bridgehead atoms. The van der Waals surface area contributed by atoms with Gasteiger partial charge in [-0.05, 0) is 31.8 Å². The summed E-state index contributed by atoms with van der Waals surface area (Å²) in [6.45, 7) is 10.0. The van der Waals surface area contributed by atoms with Crippen LogP contribution in [0.25, 0.3) is 0 Å². The average Bonchev–Trinajstić information content (AvgIpc) is 2.08. The molecule has 14 heavy (non-hydrogen) atoms. The smallest absolute Gasteiger partial charge is 0.0797 e. The van der Waals surface area contributed by atoms with Crippen molar-refractivity contribution in [3.05, 3.63) is 0 Å². The maximum Gasteiger partial charge on any atom is 0.0797 e. The Morgan fingerprint density at radius 3 is 2.36 bits per heavy atom. The Bertz CT molecular complexity index is 205. The number of hydrogen-bond acceptors (Lipinski definition) is 2. The summed E-state index contributed by atoms with van der Waals surface area (Å²) < 4.78 is 0. The van der Waals surface area contributed by atoms with Gasteiger partial charge in [0.15, 0.2) is 0 Å². The zero-order chi connectivity index (χ0) is 10.8. The van der Waals surface area contributed by atoms with Crippen molar-refractivity contribution in [2.45, 2.75) is 33.6 Å². The average molecular weight is 214 g/mol. The van der Waals surface area contributed by atoms with Gasteiger partial charge in [-0.2, -0.15) is 0 Å². The first kappa shape index (κ1) is 11.9. The fourth-order valence-corrected chi connectivity index (χ4v) is 1.92. The maximum absolute atomic E-state index is 5.72. The van der Waals surface area contributed by atoms with Gasteiger partial charge in [0.2, 0.25) is 0 Å². The van der Waals surface area contributed by atoms with Crippen LogP contribution in [0.3, 0.4) is 0 Å². The second-order valence-corrected chi connectivity index (χ2v) is 5.65. The highest BCUT2D eigenvalue weighted by atomic mass is 32.1. The van der Waals surface area contributed by atoms with E-state index in [4.69, 9.17) is 18.0 Å². The lowest BCUT2D eigenvalue weighted by Crippen LogP contribution is -2.44. The third-order valence-electron chi connectivity index (χ3n) is 3.16. The molecule has 1 rings (SSSR count). The normalized spacial score (nSPS) is 21.1. The molecule has 1 heterocycles. The molecule has 1 aliphatic rings. The van der Waals surface area contributed by atoms with Crippen LogP contribution in [0.15, 0.2) is 0 Å². The van der Waals surface area contributed by atoms with Crippen LogP contribution in [-0.4, -0.2) is 29.5 Å². The minimum Gasteiger partial charge on any atom is -0.393 e. The first-order chi connectivity index (χ1) is 6.42. The zero-order valence-electron chi connectivity index (χ0n) is 9.55. The highest BCUT2D eigenvalue weighted by molar-refractivity contribution is 7.80. The number of rotatable bonds is 3. The molecule has 1 aliphatic heterocycles. The van der Waals surface area contributed by atoms with Crippen molar-refractivity contribution in [3.63, 3.8) is 0 Å². The Hall–Kier alpha value is -0.150. The largest absolute Gasteiger partial charge is 0.393 e. The van der Waals surface area contributed by atoms with Crippen LogP contribution < -0.4 is 5.73 Å². The van der Waals surface area contributed by atoms with E-state index in [9.17, 15) is 0 Å². The number of nitrogens with two attached hydrogens (primary N) is 1. The van der Waals surface area contributed by atoms with Crippen LogP contribution in [0, 0.1) is 11.3 Å². The van der Waals surface area contributed by atoms with Gasteiger partial charge in [-0.3, -0.25) is 0 Å². The van der Waals surface area contributed by atoms with Crippen molar-refractivity contribution in [3.8, 4) is 0 Å². The molecule has 0 aliphatic carbocycles. The van der Waals surface area contributed by atoms with Crippen molar-refractivity contribution >= 4 is 17.2 Å². The van der Waals surface area contributed by atoms with Gasteiger partial charge >= 0.3 is 0 Å². The Labute approximate surface area is 92.8 Å². The van der Waals surface area contributed by atoms with Crippen LogP contribution in [0.5, 0.6) is 0 Å². The number of nitrogens with zero attached hydrogens (tertiary/aromatic N) is 1. The third-order valence-corrected chi connectivity index (χ3v) is 3.71. The predicted octanol–water partition coefficient (Wildman–Crippen LogP) is 2.03. The molecule has 0 spiro atoms. The zero-order valence-corrected chi connectivity index (χ0v) is 10.4. The Morgan fingerprint density at radius 2 is 1.93 bits per heavy atom. The highest BCUT2D eigenvalue weighted by Gasteiger charge is 2.26. The number of likely N-dealkylation sites (tertiary alicyclic amines) is 1. The van der Waals surface area contributed by atoms with Crippen LogP contribution >= 0.6 is 12.2 Å². The van der Waals surface area contributed by atoms with Crippen LogP contribution in [0.2, 0.25) is 0 Å². The molecule has 1 fully saturated rings. The molecule has 0 atom stereocenters. The Kier molecular flexibility index (Phi) is 3.90. The van der Waals surface area contributed by atoms with Crippen LogP contribution in [-0.2, 0) is 0 Å². The van der Waals surface area contributed by atoms with Gasteiger partial charge in [-0.1, -0.05) is 33.0 Å². The second-order valence-electron chi connectivity index (χ2n) is 5.21. The van der Waals surface area contributed by atoms with E-state index in [1.807, 2.05) is 0 Å². The standard InChI is InChI=1S/C11H22N2S/c1-9-4-6-13(7-5-9)8-11(2,3)10(12)14/h9H,4-8H2,1-3H3,(H2,12,14). The maximum atomic E-state index is 5.72. The van der Waals surface area contributed by atoms with Gasteiger partial charge < -0.3 is 10.6 Å². The molecule has 2 N–H and O–H groups in total. The number of piperidine rings is 1. The molecular formula is C11H22N2S. The summed E-state index contributed by atoms with van der Waals surface area (Å²) in [5, 5.41) is 0. The summed E-state index contributed by atoms with van der Waals surface area (Å²) in [4.78, 5) is 3.12. The molecule has 3 heteroatoms. The number of thiocarbonyl (C=S) groups is 1. The van der Waals surface area contributed by atoms with Gasteiger partial charge in [0.1, 0.15) is 0 Å². The lowest BCUT2D eigenvalue weighted by molar-refractivity contribution is 0.160. The minimum atomic E-state index is -0.0179. The topological polar surface area (TPSA) is 29.3 Å². The van der Waals surface area contributed by atoms with Crippen molar-refractivity contribution in [1.29, 1.82) is 0 Å². The molecule has 2 nitrogen and oxygen atoms in total. The molecule has 0 amide bonds. The molecule has 0 saturated carbocycles. The third kappa shape index (κ3) is 3.21. The quantitative estimate of drug-likeness (QED) is 0.729. The summed E-state index contributed by atoms with van der Waals surface area (Å²) in [5.74, 6) is 0.888.